The number of thiophene rings is 1. The van der Waals surface area contributed by atoms with Crippen LogP contribution in [-0.2, 0) is 24.2 Å². The molecule has 0 spiro atoms. The molecule has 6 nitrogen and oxygen atoms in total. The molecule has 2 aliphatic carbocycles. The lowest BCUT2D eigenvalue weighted by atomic mass is 9.90. The molecule has 172 valence electrons. The first-order valence-electron chi connectivity index (χ1n) is 11.7. The average Bonchev–Trinajstić information content (AvgIpc) is 3.37. The van der Waals surface area contributed by atoms with Gasteiger partial charge in [0.1, 0.15) is 5.84 Å². The van der Waals surface area contributed by atoms with E-state index in [2.05, 4.69) is 27.6 Å². The van der Waals surface area contributed by atoms with E-state index in [-0.39, 0.29) is 5.91 Å². The molecule has 1 fully saturated rings. The van der Waals surface area contributed by atoms with Crippen LogP contribution in [-0.4, -0.2) is 49.4 Å². The second kappa shape index (κ2) is 10.5. The summed E-state index contributed by atoms with van der Waals surface area (Å²) in [5.74, 6) is 1.04. The van der Waals surface area contributed by atoms with Crippen LogP contribution in [0.1, 0.15) is 53.7 Å². The highest BCUT2D eigenvalue weighted by Gasteiger charge is 2.28. The van der Waals surface area contributed by atoms with Gasteiger partial charge in [-0.15, -0.1) is 11.3 Å². The van der Waals surface area contributed by atoms with Crippen molar-refractivity contribution in [1.29, 1.82) is 0 Å². The molecular formula is C25H35N5OS. The zero-order valence-electron chi connectivity index (χ0n) is 19.2. The highest BCUT2D eigenvalue weighted by Crippen LogP contribution is 2.37. The largest absolute Gasteiger partial charge is 0.390 e. The molecule has 1 saturated carbocycles. The summed E-state index contributed by atoms with van der Waals surface area (Å²) in [6.45, 7) is 1.02. The molecule has 4 N–H and O–H groups in total. The van der Waals surface area contributed by atoms with Crippen molar-refractivity contribution in [3.63, 3.8) is 0 Å². The molecule has 0 unspecified atom stereocenters. The van der Waals surface area contributed by atoms with Crippen molar-refractivity contribution in [2.24, 2.45) is 4.99 Å². The number of aryl methyl sites for hydroxylation is 1. The quantitative estimate of drug-likeness (QED) is 0.444. The van der Waals surface area contributed by atoms with Crippen LogP contribution in [0.4, 0.5) is 5.00 Å². The fourth-order valence-electron chi connectivity index (χ4n) is 5.00. The number of carbonyl (C=O) groups excluding carboxylic acids is 1. The Morgan fingerprint density at radius 2 is 1.94 bits per heavy atom. The number of amidine groups is 1. The lowest BCUT2D eigenvalue weighted by molar-refractivity contribution is -0.122. The Hall–Kier alpha value is -2.38. The third kappa shape index (κ3) is 5.33. The first-order chi connectivity index (χ1) is 15.5. The molecule has 2 aromatic rings. The molecule has 1 heterocycles. The maximum absolute atomic E-state index is 12.4. The molecule has 1 amide bonds. The Bertz CT molecular complexity index is 947. The van der Waals surface area contributed by atoms with E-state index in [9.17, 15) is 4.79 Å². The van der Waals surface area contributed by atoms with Gasteiger partial charge in [-0.25, -0.2) is 0 Å². The molecule has 0 bridgehead atoms. The van der Waals surface area contributed by atoms with Gasteiger partial charge in [-0.05, 0) is 63.1 Å². The van der Waals surface area contributed by atoms with E-state index in [0.29, 0.717) is 25.2 Å². The molecule has 4 rings (SSSR count). The summed E-state index contributed by atoms with van der Waals surface area (Å²) >= 11 is 1.73. The predicted octanol–water partition coefficient (Wildman–Crippen LogP) is 3.34. The first-order valence-corrected chi connectivity index (χ1v) is 12.5. The van der Waals surface area contributed by atoms with Crippen LogP contribution in [0.5, 0.6) is 0 Å². The van der Waals surface area contributed by atoms with Gasteiger partial charge in [0, 0.05) is 30.6 Å². The van der Waals surface area contributed by atoms with Crippen molar-refractivity contribution in [1.82, 2.24) is 15.5 Å². The van der Waals surface area contributed by atoms with Gasteiger partial charge in [0.05, 0.1) is 17.1 Å². The summed E-state index contributed by atoms with van der Waals surface area (Å²) in [5.41, 5.74) is 10.0. The van der Waals surface area contributed by atoms with Crippen LogP contribution >= 0.6 is 11.3 Å². The second-order valence-corrected chi connectivity index (χ2v) is 10.1. The van der Waals surface area contributed by atoms with E-state index < -0.39 is 0 Å². The molecule has 32 heavy (non-hydrogen) atoms. The smallest absolute Gasteiger partial charge is 0.234 e. The van der Waals surface area contributed by atoms with E-state index in [4.69, 9.17) is 5.73 Å². The minimum Gasteiger partial charge on any atom is -0.390 e. The minimum absolute atomic E-state index is 0.0822. The number of nitrogens with zero attached hydrogens (tertiary/aromatic N) is 2. The van der Waals surface area contributed by atoms with E-state index in [1.165, 1.54) is 16.9 Å². The van der Waals surface area contributed by atoms with Crippen molar-refractivity contribution in [2.75, 3.05) is 26.4 Å². The number of hydrogen-bond acceptors (Lipinski definition) is 5. The third-order valence-corrected chi connectivity index (χ3v) is 7.92. The molecule has 0 atom stereocenters. The van der Waals surface area contributed by atoms with Crippen LogP contribution in [0, 0.1) is 0 Å². The number of amides is 1. The summed E-state index contributed by atoms with van der Waals surface area (Å²) in [5, 5.41) is 7.63. The Labute approximate surface area is 195 Å². The van der Waals surface area contributed by atoms with Gasteiger partial charge in [-0.3, -0.25) is 14.7 Å². The average molecular weight is 454 g/mol. The lowest BCUT2D eigenvalue weighted by Crippen LogP contribution is -2.45. The van der Waals surface area contributed by atoms with Crippen molar-refractivity contribution in [3.8, 4) is 0 Å². The van der Waals surface area contributed by atoms with Gasteiger partial charge in [0.15, 0.2) is 0 Å². The molecule has 2 aliphatic rings. The molecule has 1 aromatic carbocycles. The fraction of sp³-hybridized carbons (Fsp3) is 0.520. The summed E-state index contributed by atoms with van der Waals surface area (Å²) in [7, 11) is 3.92. The summed E-state index contributed by atoms with van der Waals surface area (Å²) < 4.78 is 0. The number of likely N-dealkylation sites (N-methyl/N-ethyl adjacent to an activating group) is 1. The van der Waals surface area contributed by atoms with Gasteiger partial charge in [0.2, 0.25) is 5.91 Å². The number of rotatable bonds is 7. The van der Waals surface area contributed by atoms with Gasteiger partial charge in [-0.2, -0.15) is 0 Å². The number of benzene rings is 1. The van der Waals surface area contributed by atoms with Gasteiger partial charge in [-0.1, -0.05) is 30.3 Å². The molecule has 0 aliphatic heterocycles. The summed E-state index contributed by atoms with van der Waals surface area (Å²) in [6.07, 6.45) is 7.79. The van der Waals surface area contributed by atoms with Crippen molar-refractivity contribution < 1.29 is 4.79 Å². The van der Waals surface area contributed by atoms with Gasteiger partial charge >= 0.3 is 0 Å². The Balaban J connectivity index is 1.24. The maximum Gasteiger partial charge on any atom is 0.234 e. The third-order valence-electron chi connectivity index (χ3n) is 6.80. The molecule has 0 radical (unpaired) electrons. The van der Waals surface area contributed by atoms with Gasteiger partial charge in [0.25, 0.3) is 0 Å². The number of fused-ring (bicyclic) bond motifs is 1. The van der Waals surface area contributed by atoms with Crippen LogP contribution in [0.3, 0.4) is 0 Å². The van der Waals surface area contributed by atoms with Crippen molar-refractivity contribution in [3.05, 3.63) is 51.9 Å². The number of aliphatic imine (C=N–C) groups is 1. The lowest BCUT2D eigenvalue weighted by Gasteiger charge is -2.35. The monoisotopic (exact) mass is 453 g/mol. The van der Waals surface area contributed by atoms with E-state index in [0.717, 1.165) is 60.5 Å². The van der Waals surface area contributed by atoms with Gasteiger partial charge < -0.3 is 16.4 Å². The number of nitrogen functional groups attached to an aromatic ring is 1. The fourth-order valence-corrected chi connectivity index (χ4v) is 6.16. The summed E-state index contributed by atoms with van der Waals surface area (Å²) in [4.78, 5) is 20.6. The number of carbonyl (C=O) groups is 1. The normalized spacial score (nSPS) is 20.9. The molecule has 0 saturated heterocycles. The summed E-state index contributed by atoms with van der Waals surface area (Å²) in [6, 6.07) is 10.9. The number of nitrogens with one attached hydrogen (secondary N) is 2. The molecule has 1 aromatic heterocycles. The van der Waals surface area contributed by atoms with Crippen molar-refractivity contribution in [2.45, 2.75) is 63.6 Å². The zero-order valence-corrected chi connectivity index (χ0v) is 20.0. The molecule has 7 heteroatoms. The SMILES string of the molecule is CN=C(NC1CCC(N(C)CC(=O)NCc2ccccc2)CC1)c1c(N)sc2c1CCC2. The van der Waals surface area contributed by atoms with Crippen LogP contribution in [0.15, 0.2) is 35.3 Å². The van der Waals surface area contributed by atoms with Crippen molar-refractivity contribution >= 4 is 28.1 Å². The van der Waals surface area contributed by atoms with E-state index in [1.54, 1.807) is 11.3 Å². The molecular weight excluding hydrogens is 418 g/mol. The van der Waals surface area contributed by atoms with Crippen LogP contribution < -0.4 is 16.4 Å². The Kier molecular flexibility index (Phi) is 7.48. The number of hydrogen-bond donors (Lipinski definition) is 3. The topological polar surface area (TPSA) is 82.8 Å². The number of anilines is 1. The van der Waals surface area contributed by atoms with Crippen LogP contribution in [0.25, 0.3) is 0 Å². The number of nitrogens with two attached hydrogens (primary N) is 1. The highest BCUT2D eigenvalue weighted by atomic mass is 32.1. The second-order valence-electron chi connectivity index (χ2n) is 9.00. The predicted molar refractivity (Wildman–Crippen MR) is 133 cm³/mol. The standard InChI is InChI=1S/C25H35N5OS/c1-27-25(23-20-9-6-10-21(20)32-24(23)26)29-18-11-13-19(14-12-18)30(2)16-22(31)28-15-17-7-4-3-5-8-17/h3-5,7-8,18-19H,6,9-16,26H2,1-2H3,(H,27,29)(H,28,31). The zero-order chi connectivity index (χ0) is 22.5. The Morgan fingerprint density at radius 1 is 1.19 bits per heavy atom. The Morgan fingerprint density at radius 3 is 2.66 bits per heavy atom. The minimum atomic E-state index is 0.0822. The van der Waals surface area contributed by atoms with E-state index in [1.807, 2.05) is 37.4 Å². The van der Waals surface area contributed by atoms with E-state index >= 15 is 0 Å². The van der Waals surface area contributed by atoms with Crippen LogP contribution in [0.2, 0.25) is 0 Å². The highest BCUT2D eigenvalue weighted by molar-refractivity contribution is 7.16. The first kappa shape index (κ1) is 22.8. The maximum atomic E-state index is 12.4.